The Balaban J connectivity index is 1.47. The highest BCUT2D eigenvalue weighted by atomic mass is 16.5. The van der Waals surface area contributed by atoms with Gasteiger partial charge in [-0.3, -0.25) is 9.69 Å². The van der Waals surface area contributed by atoms with Gasteiger partial charge < -0.3 is 4.74 Å². The monoisotopic (exact) mass is 350 g/mol. The summed E-state index contributed by atoms with van der Waals surface area (Å²) >= 11 is 0. The van der Waals surface area contributed by atoms with E-state index in [-0.39, 0.29) is 11.7 Å². The zero-order valence-corrected chi connectivity index (χ0v) is 15.3. The van der Waals surface area contributed by atoms with E-state index in [1.165, 1.54) is 24.8 Å². The van der Waals surface area contributed by atoms with Gasteiger partial charge in [0.05, 0.1) is 7.11 Å². The second-order valence-corrected chi connectivity index (χ2v) is 7.52. The van der Waals surface area contributed by atoms with Crippen LogP contribution < -0.4 is 4.74 Å². The molecule has 0 amide bonds. The molecule has 2 saturated heterocycles. The molecule has 4 rings (SSSR count). The minimum absolute atomic E-state index is 0.118. The predicted molar refractivity (Wildman–Crippen MR) is 101 cm³/mol. The lowest BCUT2D eigenvalue weighted by Crippen LogP contribution is -2.52. The SMILES string of the molecule is COc1ccc(C(=O)C2CC3CCCC(C2)N3Cc2ccccc2)cn1. The smallest absolute Gasteiger partial charge is 0.212 e. The van der Waals surface area contributed by atoms with Gasteiger partial charge >= 0.3 is 0 Å². The number of carbonyl (C=O) groups is 1. The minimum Gasteiger partial charge on any atom is -0.481 e. The zero-order valence-electron chi connectivity index (χ0n) is 15.3. The molecular formula is C22H26N2O2. The fraction of sp³-hybridized carbons (Fsp3) is 0.455. The molecule has 1 aromatic heterocycles. The molecule has 2 unspecified atom stereocenters. The quantitative estimate of drug-likeness (QED) is 0.761. The maximum absolute atomic E-state index is 13.0. The van der Waals surface area contributed by atoms with Crippen molar-refractivity contribution in [2.75, 3.05) is 7.11 Å². The Bertz CT molecular complexity index is 730. The van der Waals surface area contributed by atoms with Gasteiger partial charge in [0.2, 0.25) is 5.88 Å². The Labute approximate surface area is 155 Å². The maximum atomic E-state index is 13.0. The maximum Gasteiger partial charge on any atom is 0.212 e. The van der Waals surface area contributed by atoms with E-state index in [1.54, 1.807) is 19.4 Å². The number of aromatic nitrogens is 1. The van der Waals surface area contributed by atoms with Crippen LogP contribution >= 0.6 is 0 Å². The van der Waals surface area contributed by atoms with Crippen molar-refractivity contribution in [3.05, 3.63) is 59.8 Å². The van der Waals surface area contributed by atoms with Crippen LogP contribution in [0.5, 0.6) is 5.88 Å². The fourth-order valence-corrected chi connectivity index (χ4v) is 4.63. The molecule has 0 spiro atoms. The summed E-state index contributed by atoms with van der Waals surface area (Å²) in [5.74, 6) is 0.917. The van der Waals surface area contributed by atoms with E-state index in [0.29, 0.717) is 23.5 Å². The molecule has 2 aromatic rings. The van der Waals surface area contributed by atoms with Crippen LogP contribution in [0.25, 0.3) is 0 Å². The molecule has 0 aliphatic carbocycles. The standard InChI is InChI=1S/C22H26N2O2/c1-26-21-11-10-17(14-23-21)22(25)18-12-19-8-5-9-20(13-18)24(19)15-16-6-3-2-4-7-16/h2-4,6-7,10-11,14,18-20H,5,8-9,12-13,15H2,1H3. The Morgan fingerprint density at radius 2 is 1.85 bits per heavy atom. The first-order valence-corrected chi connectivity index (χ1v) is 9.58. The predicted octanol–water partition coefficient (Wildman–Crippen LogP) is 4.11. The summed E-state index contributed by atoms with van der Waals surface area (Å²) in [7, 11) is 1.59. The lowest BCUT2D eigenvalue weighted by Gasteiger charge is -2.48. The Hall–Kier alpha value is -2.20. The second-order valence-electron chi connectivity index (χ2n) is 7.52. The Morgan fingerprint density at radius 1 is 1.12 bits per heavy atom. The average Bonchev–Trinajstić information content (AvgIpc) is 2.68. The van der Waals surface area contributed by atoms with Gasteiger partial charge in [-0.2, -0.15) is 0 Å². The number of nitrogens with zero attached hydrogens (tertiary/aromatic N) is 2. The largest absolute Gasteiger partial charge is 0.481 e. The lowest BCUT2D eigenvalue weighted by atomic mass is 9.75. The molecule has 4 nitrogen and oxygen atoms in total. The number of carbonyl (C=O) groups excluding carboxylic acids is 1. The van der Waals surface area contributed by atoms with Crippen molar-refractivity contribution < 1.29 is 9.53 Å². The summed E-state index contributed by atoms with van der Waals surface area (Å²) < 4.78 is 5.10. The van der Waals surface area contributed by atoms with Crippen LogP contribution in [0.4, 0.5) is 0 Å². The molecule has 2 bridgehead atoms. The van der Waals surface area contributed by atoms with E-state index < -0.39 is 0 Å². The van der Waals surface area contributed by atoms with Crippen molar-refractivity contribution in [2.45, 2.75) is 50.7 Å². The molecule has 136 valence electrons. The van der Waals surface area contributed by atoms with E-state index >= 15 is 0 Å². The van der Waals surface area contributed by atoms with Gasteiger partial charge in [-0.05, 0) is 37.3 Å². The number of fused-ring (bicyclic) bond motifs is 2. The fourth-order valence-electron chi connectivity index (χ4n) is 4.63. The molecule has 2 fully saturated rings. The Morgan fingerprint density at radius 3 is 2.46 bits per heavy atom. The van der Waals surface area contributed by atoms with E-state index in [4.69, 9.17) is 4.74 Å². The first kappa shape index (κ1) is 17.2. The third kappa shape index (κ3) is 3.51. The number of benzene rings is 1. The summed E-state index contributed by atoms with van der Waals surface area (Å²) in [6, 6.07) is 15.4. The number of Topliss-reactive ketones (excluding diaryl/α,β-unsaturated/α-hetero) is 1. The van der Waals surface area contributed by atoms with Gasteiger partial charge in [0, 0.05) is 42.4 Å². The van der Waals surface area contributed by atoms with E-state index in [0.717, 1.165) is 19.4 Å². The van der Waals surface area contributed by atoms with Crippen LogP contribution in [-0.4, -0.2) is 34.9 Å². The van der Waals surface area contributed by atoms with Crippen LogP contribution in [0.1, 0.15) is 48.0 Å². The number of hydrogen-bond donors (Lipinski definition) is 0. The summed E-state index contributed by atoms with van der Waals surface area (Å²) in [5, 5.41) is 0. The molecule has 1 aromatic carbocycles. The van der Waals surface area contributed by atoms with Gasteiger partial charge in [-0.25, -0.2) is 4.98 Å². The number of pyridine rings is 1. The van der Waals surface area contributed by atoms with E-state index in [2.05, 4.69) is 40.2 Å². The van der Waals surface area contributed by atoms with Crippen LogP contribution in [-0.2, 0) is 6.54 Å². The highest BCUT2D eigenvalue weighted by molar-refractivity contribution is 5.97. The lowest BCUT2D eigenvalue weighted by molar-refractivity contribution is 0.00905. The molecule has 0 saturated carbocycles. The summed E-state index contributed by atoms with van der Waals surface area (Å²) in [4.78, 5) is 19.8. The number of piperidine rings is 2. The van der Waals surface area contributed by atoms with Crippen molar-refractivity contribution in [1.29, 1.82) is 0 Å². The highest BCUT2D eigenvalue weighted by Gasteiger charge is 2.40. The average molecular weight is 350 g/mol. The third-order valence-electron chi connectivity index (χ3n) is 5.93. The summed E-state index contributed by atoms with van der Waals surface area (Å²) in [6.45, 7) is 1.00. The molecule has 26 heavy (non-hydrogen) atoms. The molecule has 3 heterocycles. The summed E-state index contributed by atoms with van der Waals surface area (Å²) in [5.41, 5.74) is 2.08. The van der Waals surface area contributed by atoms with E-state index in [1.807, 2.05) is 6.07 Å². The number of hydrogen-bond acceptors (Lipinski definition) is 4. The van der Waals surface area contributed by atoms with Gasteiger partial charge in [0.1, 0.15) is 0 Å². The van der Waals surface area contributed by atoms with Crippen LogP contribution in [0.3, 0.4) is 0 Å². The van der Waals surface area contributed by atoms with Gasteiger partial charge in [-0.1, -0.05) is 36.8 Å². The number of methoxy groups -OCH3 is 1. The summed E-state index contributed by atoms with van der Waals surface area (Å²) in [6.07, 6.45) is 7.28. The topological polar surface area (TPSA) is 42.4 Å². The van der Waals surface area contributed by atoms with E-state index in [9.17, 15) is 4.79 Å². The molecular weight excluding hydrogens is 324 g/mol. The molecule has 2 aliphatic heterocycles. The number of ketones is 1. The molecule has 0 radical (unpaired) electrons. The van der Waals surface area contributed by atoms with Crippen LogP contribution in [0, 0.1) is 5.92 Å². The Kier molecular flexibility index (Phi) is 5.02. The van der Waals surface area contributed by atoms with Gasteiger partial charge in [0.25, 0.3) is 0 Å². The normalized spacial score (nSPS) is 25.7. The second kappa shape index (κ2) is 7.58. The third-order valence-corrected chi connectivity index (χ3v) is 5.93. The molecule has 2 atom stereocenters. The first-order valence-electron chi connectivity index (χ1n) is 9.58. The van der Waals surface area contributed by atoms with Gasteiger partial charge in [-0.15, -0.1) is 0 Å². The van der Waals surface area contributed by atoms with Crippen LogP contribution in [0.2, 0.25) is 0 Å². The minimum atomic E-state index is 0.118. The first-order chi connectivity index (χ1) is 12.7. The molecule has 0 N–H and O–H groups in total. The molecule has 4 heteroatoms. The zero-order chi connectivity index (χ0) is 17.9. The van der Waals surface area contributed by atoms with Crippen LogP contribution in [0.15, 0.2) is 48.7 Å². The number of ether oxygens (including phenoxy) is 1. The molecule has 2 aliphatic rings. The van der Waals surface area contributed by atoms with Crippen molar-refractivity contribution >= 4 is 5.78 Å². The van der Waals surface area contributed by atoms with Crippen molar-refractivity contribution in [1.82, 2.24) is 9.88 Å². The van der Waals surface area contributed by atoms with Crippen molar-refractivity contribution in [2.24, 2.45) is 5.92 Å². The highest BCUT2D eigenvalue weighted by Crippen LogP contribution is 2.39. The number of rotatable bonds is 5. The van der Waals surface area contributed by atoms with Crippen molar-refractivity contribution in [3.8, 4) is 5.88 Å². The van der Waals surface area contributed by atoms with Crippen molar-refractivity contribution in [3.63, 3.8) is 0 Å². The van der Waals surface area contributed by atoms with Gasteiger partial charge in [0.15, 0.2) is 5.78 Å².